The van der Waals surface area contributed by atoms with Gasteiger partial charge in [0.05, 0.1) is 18.8 Å². The lowest BCUT2D eigenvalue weighted by Crippen LogP contribution is -2.40. The fourth-order valence-electron chi connectivity index (χ4n) is 3.12. The number of piperidine rings is 1. The molecular formula is C19H27N3O3. The molecule has 6 nitrogen and oxygen atoms in total. The van der Waals surface area contributed by atoms with Crippen LogP contribution in [-0.2, 0) is 4.74 Å². The topological polar surface area (TPSA) is 71.6 Å². The summed E-state index contributed by atoms with van der Waals surface area (Å²) in [5.74, 6) is 1.67. The van der Waals surface area contributed by atoms with E-state index in [1.807, 2.05) is 44.2 Å². The van der Waals surface area contributed by atoms with Gasteiger partial charge in [-0.2, -0.15) is 4.98 Å². The summed E-state index contributed by atoms with van der Waals surface area (Å²) >= 11 is 0. The van der Waals surface area contributed by atoms with Crippen LogP contribution in [0.4, 0.5) is 0 Å². The Balaban J connectivity index is 1.49. The van der Waals surface area contributed by atoms with Crippen LogP contribution in [0.1, 0.15) is 38.5 Å². The van der Waals surface area contributed by atoms with Crippen LogP contribution in [-0.4, -0.2) is 58.6 Å². The maximum absolute atomic E-state index is 10.1. The van der Waals surface area contributed by atoms with E-state index < -0.39 is 6.10 Å². The molecule has 1 N–H and O–H groups in total. The summed E-state index contributed by atoms with van der Waals surface area (Å²) in [5.41, 5.74) is 0.975. The fourth-order valence-corrected chi connectivity index (χ4v) is 3.12. The summed E-state index contributed by atoms with van der Waals surface area (Å²) in [6.45, 7) is 6.84. The van der Waals surface area contributed by atoms with E-state index in [9.17, 15) is 5.11 Å². The van der Waals surface area contributed by atoms with Crippen molar-refractivity contribution in [2.45, 2.75) is 44.8 Å². The number of aliphatic hydroxyl groups is 1. The standard InChI is InChI=1S/C19H27N3O3/c1-14(2)24-13-17(23)12-22-10-8-16(9-11-22)19-20-18(21-25-19)15-6-4-3-5-7-15/h3-7,14,16-17,23H,8-13H2,1-2H3. The third-order valence-electron chi connectivity index (χ3n) is 4.50. The summed E-state index contributed by atoms with van der Waals surface area (Å²) in [6, 6.07) is 9.88. The van der Waals surface area contributed by atoms with Crippen molar-refractivity contribution < 1.29 is 14.4 Å². The van der Waals surface area contributed by atoms with Crippen LogP contribution >= 0.6 is 0 Å². The van der Waals surface area contributed by atoms with Crippen LogP contribution in [0.5, 0.6) is 0 Å². The number of β-amino-alcohol motifs (C(OH)–C–C–N with tert-alkyl or cyclic N) is 1. The monoisotopic (exact) mass is 345 g/mol. The number of hydrogen-bond acceptors (Lipinski definition) is 6. The fraction of sp³-hybridized carbons (Fsp3) is 0.579. The van der Waals surface area contributed by atoms with Crippen LogP contribution in [0.25, 0.3) is 11.4 Å². The molecule has 1 atom stereocenters. The Morgan fingerprint density at radius 3 is 2.64 bits per heavy atom. The highest BCUT2D eigenvalue weighted by Crippen LogP contribution is 2.28. The molecule has 0 amide bonds. The molecule has 0 bridgehead atoms. The molecule has 0 saturated carbocycles. The number of aromatic nitrogens is 2. The van der Waals surface area contributed by atoms with Gasteiger partial charge in [-0.05, 0) is 39.8 Å². The minimum absolute atomic E-state index is 0.150. The summed E-state index contributed by atoms with van der Waals surface area (Å²) in [4.78, 5) is 6.85. The first-order valence-electron chi connectivity index (χ1n) is 9.03. The normalized spacial score (nSPS) is 17.9. The molecule has 0 radical (unpaired) electrons. The van der Waals surface area contributed by atoms with E-state index in [1.165, 1.54) is 0 Å². The Labute approximate surface area is 148 Å². The van der Waals surface area contributed by atoms with Gasteiger partial charge in [0.2, 0.25) is 11.7 Å². The molecule has 0 aliphatic carbocycles. The average molecular weight is 345 g/mol. The van der Waals surface area contributed by atoms with Crippen LogP contribution in [0.2, 0.25) is 0 Å². The van der Waals surface area contributed by atoms with E-state index >= 15 is 0 Å². The highest BCUT2D eigenvalue weighted by molar-refractivity contribution is 5.53. The van der Waals surface area contributed by atoms with E-state index in [-0.39, 0.29) is 6.10 Å². The number of hydrogen-bond donors (Lipinski definition) is 1. The molecule has 3 rings (SSSR count). The zero-order valence-corrected chi connectivity index (χ0v) is 15.0. The third kappa shape index (κ3) is 5.11. The number of aliphatic hydroxyl groups excluding tert-OH is 1. The lowest BCUT2D eigenvalue weighted by Gasteiger charge is -2.31. The summed E-state index contributed by atoms with van der Waals surface area (Å²) < 4.78 is 11.0. The van der Waals surface area contributed by atoms with Crippen molar-refractivity contribution in [3.63, 3.8) is 0 Å². The van der Waals surface area contributed by atoms with Crippen LogP contribution < -0.4 is 0 Å². The highest BCUT2D eigenvalue weighted by atomic mass is 16.5. The van der Waals surface area contributed by atoms with Gasteiger partial charge in [0, 0.05) is 18.0 Å². The molecule has 1 fully saturated rings. The second-order valence-corrected chi connectivity index (χ2v) is 6.93. The molecule has 1 unspecified atom stereocenters. The minimum Gasteiger partial charge on any atom is -0.389 e. The van der Waals surface area contributed by atoms with Crippen LogP contribution in [0.15, 0.2) is 34.9 Å². The smallest absolute Gasteiger partial charge is 0.230 e. The molecule has 6 heteroatoms. The zero-order chi connectivity index (χ0) is 17.6. The number of ether oxygens (including phenoxy) is 1. The lowest BCUT2D eigenvalue weighted by atomic mass is 9.96. The molecule has 25 heavy (non-hydrogen) atoms. The van der Waals surface area contributed by atoms with E-state index in [2.05, 4.69) is 15.0 Å². The van der Waals surface area contributed by atoms with Crippen molar-refractivity contribution in [2.75, 3.05) is 26.2 Å². The molecule has 1 saturated heterocycles. The molecule has 1 aromatic heterocycles. The van der Waals surface area contributed by atoms with Crippen molar-refractivity contribution in [3.8, 4) is 11.4 Å². The van der Waals surface area contributed by atoms with Crippen molar-refractivity contribution in [1.82, 2.24) is 15.0 Å². The summed E-state index contributed by atoms with van der Waals surface area (Å²) in [5, 5.41) is 14.2. The second kappa shape index (κ2) is 8.56. The maximum atomic E-state index is 10.1. The third-order valence-corrected chi connectivity index (χ3v) is 4.50. The van der Waals surface area contributed by atoms with Gasteiger partial charge < -0.3 is 19.3 Å². The first kappa shape index (κ1) is 18.0. The molecule has 1 aliphatic rings. The van der Waals surface area contributed by atoms with Crippen molar-refractivity contribution in [2.24, 2.45) is 0 Å². The predicted octanol–water partition coefficient (Wildman–Crippen LogP) is 2.70. The van der Waals surface area contributed by atoms with Gasteiger partial charge in [-0.25, -0.2) is 0 Å². The summed E-state index contributed by atoms with van der Waals surface area (Å²) in [6.07, 6.45) is 1.64. The Bertz CT molecular complexity index is 636. The molecular weight excluding hydrogens is 318 g/mol. The van der Waals surface area contributed by atoms with Gasteiger partial charge in [-0.15, -0.1) is 0 Å². The van der Waals surface area contributed by atoms with Crippen LogP contribution in [0.3, 0.4) is 0 Å². The Morgan fingerprint density at radius 1 is 1.24 bits per heavy atom. The van der Waals surface area contributed by atoms with Gasteiger partial charge in [-0.3, -0.25) is 0 Å². The van der Waals surface area contributed by atoms with Crippen molar-refractivity contribution in [1.29, 1.82) is 0 Å². The van der Waals surface area contributed by atoms with Crippen LogP contribution in [0, 0.1) is 0 Å². The van der Waals surface area contributed by atoms with Crippen molar-refractivity contribution in [3.05, 3.63) is 36.2 Å². The van der Waals surface area contributed by atoms with Gasteiger partial charge in [0.15, 0.2) is 0 Å². The highest BCUT2D eigenvalue weighted by Gasteiger charge is 2.26. The molecule has 0 spiro atoms. The van der Waals surface area contributed by atoms with Gasteiger partial charge in [0.1, 0.15) is 0 Å². The largest absolute Gasteiger partial charge is 0.389 e. The Kier molecular flexibility index (Phi) is 6.18. The first-order chi connectivity index (χ1) is 12.1. The molecule has 1 aliphatic heterocycles. The number of nitrogens with zero attached hydrogens (tertiary/aromatic N) is 3. The first-order valence-corrected chi connectivity index (χ1v) is 9.03. The maximum Gasteiger partial charge on any atom is 0.230 e. The SMILES string of the molecule is CC(C)OCC(O)CN1CCC(c2nc(-c3ccccc3)no2)CC1. The van der Waals surface area contributed by atoms with E-state index in [1.54, 1.807) is 0 Å². The van der Waals surface area contributed by atoms with Gasteiger partial charge in [0.25, 0.3) is 0 Å². The molecule has 136 valence electrons. The van der Waals surface area contributed by atoms with Gasteiger partial charge in [-0.1, -0.05) is 35.5 Å². The predicted molar refractivity (Wildman–Crippen MR) is 95.2 cm³/mol. The quantitative estimate of drug-likeness (QED) is 0.832. The molecule has 2 heterocycles. The van der Waals surface area contributed by atoms with Crippen molar-refractivity contribution >= 4 is 0 Å². The molecule has 1 aromatic carbocycles. The number of benzene rings is 1. The van der Waals surface area contributed by atoms with E-state index in [0.29, 0.717) is 24.9 Å². The number of likely N-dealkylation sites (tertiary alicyclic amines) is 1. The Hall–Kier alpha value is -1.76. The summed E-state index contributed by atoms with van der Waals surface area (Å²) in [7, 11) is 0. The zero-order valence-electron chi connectivity index (χ0n) is 15.0. The lowest BCUT2D eigenvalue weighted by molar-refractivity contribution is -0.0115. The van der Waals surface area contributed by atoms with E-state index in [4.69, 9.17) is 9.26 Å². The average Bonchev–Trinajstić information content (AvgIpc) is 3.11. The van der Waals surface area contributed by atoms with E-state index in [0.717, 1.165) is 37.4 Å². The van der Waals surface area contributed by atoms with Gasteiger partial charge >= 0.3 is 0 Å². The molecule has 2 aromatic rings. The Morgan fingerprint density at radius 2 is 1.96 bits per heavy atom. The number of rotatable bonds is 7. The minimum atomic E-state index is -0.438. The second-order valence-electron chi connectivity index (χ2n) is 6.93.